The molecule has 1 aromatic carbocycles. The van der Waals surface area contributed by atoms with Gasteiger partial charge < -0.3 is 5.32 Å². The van der Waals surface area contributed by atoms with Gasteiger partial charge in [0.25, 0.3) is 0 Å². The Labute approximate surface area is 124 Å². The molecule has 1 aliphatic carbocycles. The first-order valence-electron chi connectivity index (χ1n) is 7.10. The summed E-state index contributed by atoms with van der Waals surface area (Å²) in [5, 5.41) is 8.88. The number of aryl methyl sites for hydroxylation is 2. The molecule has 1 aromatic heterocycles. The van der Waals surface area contributed by atoms with Gasteiger partial charge in [-0.2, -0.15) is 5.10 Å². The maximum atomic E-state index is 6.24. The minimum atomic E-state index is 0.593. The number of halogens is 1. The second-order valence-electron chi connectivity index (χ2n) is 5.68. The quantitative estimate of drug-likeness (QED) is 0.935. The van der Waals surface area contributed by atoms with E-state index in [1.807, 2.05) is 23.9 Å². The predicted octanol–water partition coefficient (Wildman–Crippen LogP) is 3.42. The van der Waals surface area contributed by atoms with Crippen LogP contribution < -0.4 is 5.32 Å². The number of hydrogen-bond donors (Lipinski definition) is 1. The average molecular weight is 290 g/mol. The lowest BCUT2D eigenvalue weighted by molar-refractivity contribution is 0.289. The van der Waals surface area contributed by atoms with Crippen LogP contribution in [0.5, 0.6) is 0 Å². The lowest BCUT2D eigenvalue weighted by Gasteiger charge is -2.36. The van der Waals surface area contributed by atoms with Crippen molar-refractivity contribution in [1.29, 1.82) is 0 Å². The molecule has 3 nitrogen and oxygen atoms in total. The van der Waals surface area contributed by atoms with Crippen LogP contribution in [0.2, 0.25) is 5.02 Å². The van der Waals surface area contributed by atoms with E-state index in [0.717, 1.165) is 17.3 Å². The van der Waals surface area contributed by atoms with Gasteiger partial charge in [0.15, 0.2) is 0 Å². The number of nitrogens with zero attached hydrogens (tertiary/aromatic N) is 2. The van der Waals surface area contributed by atoms with Crippen LogP contribution in [-0.4, -0.2) is 15.8 Å². The highest BCUT2D eigenvalue weighted by molar-refractivity contribution is 6.31. The first-order chi connectivity index (χ1) is 9.63. The number of nitrogens with one attached hydrogen (secondary N) is 1. The smallest absolute Gasteiger partial charge is 0.0638 e. The number of hydrogen-bond acceptors (Lipinski definition) is 2. The molecule has 0 atom stereocenters. The third-order valence-electron chi connectivity index (χ3n) is 4.18. The van der Waals surface area contributed by atoms with Crippen LogP contribution in [0.4, 0.5) is 0 Å². The maximum Gasteiger partial charge on any atom is 0.0638 e. The molecule has 1 aliphatic rings. The van der Waals surface area contributed by atoms with Crippen LogP contribution in [0.3, 0.4) is 0 Å². The molecule has 1 fully saturated rings. The largest absolute Gasteiger partial charge is 0.310 e. The van der Waals surface area contributed by atoms with Gasteiger partial charge in [-0.15, -0.1) is 0 Å². The Morgan fingerprint density at radius 1 is 1.35 bits per heavy atom. The Hall–Kier alpha value is -1.32. The number of benzene rings is 1. The zero-order valence-corrected chi connectivity index (χ0v) is 12.7. The standard InChI is InChI=1S/C16H20ClN3/c1-11-13(10-20(2)19-11)9-18-14-7-12(8-14)15-5-3-4-6-16(15)17/h3-6,10,12,14,18H,7-9H2,1-2H3. The van der Waals surface area contributed by atoms with E-state index < -0.39 is 0 Å². The van der Waals surface area contributed by atoms with Crippen LogP contribution in [0, 0.1) is 6.92 Å². The first kappa shape index (κ1) is 13.7. The fourth-order valence-corrected chi connectivity index (χ4v) is 3.21. The highest BCUT2D eigenvalue weighted by atomic mass is 35.5. The van der Waals surface area contributed by atoms with Crippen molar-refractivity contribution in [1.82, 2.24) is 15.1 Å². The predicted molar refractivity (Wildman–Crippen MR) is 82.0 cm³/mol. The molecule has 4 heteroatoms. The normalized spacial score (nSPS) is 21.8. The number of rotatable bonds is 4. The zero-order valence-electron chi connectivity index (χ0n) is 11.9. The molecule has 0 spiro atoms. The lowest BCUT2D eigenvalue weighted by Crippen LogP contribution is -2.39. The Kier molecular flexibility index (Phi) is 3.81. The molecule has 0 amide bonds. The molecule has 106 valence electrons. The van der Waals surface area contributed by atoms with Gasteiger partial charge in [0.1, 0.15) is 0 Å². The highest BCUT2D eigenvalue weighted by Crippen LogP contribution is 2.39. The van der Waals surface area contributed by atoms with Crippen molar-refractivity contribution in [3.63, 3.8) is 0 Å². The molecule has 2 aromatic rings. The Morgan fingerprint density at radius 2 is 2.10 bits per heavy atom. The summed E-state index contributed by atoms with van der Waals surface area (Å²) in [6.07, 6.45) is 4.43. The summed E-state index contributed by atoms with van der Waals surface area (Å²) in [4.78, 5) is 0. The average Bonchev–Trinajstić information content (AvgIpc) is 2.68. The van der Waals surface area contributed by atoms with E-state index in [0.29, 0.717) is 12.0 Å². The van der Waals surface area contributed by atoms with Crippen molar-refractivity contribution in [2.45, 2.75) is 38.3 Å². The molecule has 1 saturated carbocycles. The van der Waals surface area contributed by atoms with E-state index in [2.05, 4.69) is 35.7 Å². The SMILES string of the molecule is Cc1nn(C)cc1CNC1CC(c2ccccc2Cl)C1. The van der Waals surface area contributed by atoms with E-state index in [9.17, 15) is 0 Å². The van der Waals surface area contributed by atoms with Crippen LogP contribution in [-0.2, 0) is 13.6 Å². The van der Waals surface area contributed by atoms with Gasteiger partial charge in [0.2, 0.25) is 0 Å². The second kappa shape index (κ2) is 5.58. The van der Waals surface area contributed by atoms with Gasteiger partial charge in [-0.3, -0.25) is 4.68 Å². The molecule has 0 radical (unpaired) electrons. The summed E-state index contributed by atoms with van der Waals surface area (Å²) in [5.41, 5.74) is 3.69. The van der Waals surface area contributed by atoms with E-state index in [4.69, 9.17) is 11.6 Å². The van der Waals surface area contributed by atoms with Crippen LogP contribution >= 0.6 is 11.6 Å². The van der Waals surface area contributed by atoms with Crippen LogP contribution in [0.25, 0.3) is 0 Å². The molecule has 0 aliphatic heterocycles. The third-order valence-corrected chi connectivity index (χ3v) is 4.52. The van der Waals surface area contributed by atoms with E-state index in [1.165, 1.54) is 24.0 Å². The van der Waals surface area contributed by atoms with Crippen molar-refractivity contribution >= 4 is 11.6 Å². The monoisotopic (exact) mass is 289 g/mol. The van der Waals surface area contributed by atoms with Crippen molar-refractivity contribution < 1.29 is 0 Å². The van der Waals surface area contributed by atoms with E-state index >= 15 is 0 Å². The summed E-state index contributed by atoms with van der Waals surface area (Å²) in [5.74, 6) is 0.608. The molecule has 0 unspecified atom stereocenters. The van der Waals surface area contributed by atoms with E-state index in [-0.39, 0.29) is 0 Å². The Bertz CT molecular complexity index is 600. The van der Waals surface area contributed by atoms with Gasteiger partial charge in [-0.1, -0.05) is 29.8 Å². The van der Waals surface area contributed by atoms with Gasteiger partial charge >= 0.3 is 0 Å². The summed E-state index contributed by atoms with van der Waals surface area (Å²) in [6, 6.07) is 8.79. The summed E-state index contributed by atoms with van der Waals surface area (Å²) >= 11 is 6.24. The Morgan fingerprint density at radius 3 is 2.75 bits per heavy atom. The summed E-state index contributed by atoms with van der Waals surface area (Å²) in [6.45, 7) is 2.96. The fourth-order valence-electron chi connectivity index (χ4n) is 2.92. The molecule has 3 rings (SSSR count). The topological polar surface area (TPSA) is 29.9 Å². The minimum absolute atomic E-state index is 0.593. The fraction of sp³-hybridized carbons (Fsp3) is 0.438. The molecular formula is C16H20ClN3. The van der Waals surface area contributed by atoms with Crippen molar-refractivity contribution in [3.8, 4) is 0 Å². The lowest BCUT2D eigenvalue weighted by atomic mass is 9.76. The summed E-state index contributed by atoms with van der Waals surface area (Å²) in [7, 11) is 1.97. The van der Waals surface area contributed by atoms with Crippen molar-refractivity contribution in [2.24, 2.45) is 7.05 Å². The third kappa shape index (κ3) is 2.74. The van der Waals surface area contributed by atoms with Crippen LogP contribution in [0.1, 0.15) is 35.6 Å². The molecular weight excluding hydrogens is 270 g/mol. The van der Waals surface area contributed by atoms with Crippen LogP contribution in [0.15, 0.2) is 30.5 Å². The van der Waals surface area contributed by atoms with E-state index in [1.54, 1.807) is 0 Å². The molecule has 20 heavy (non-hydrogen) atoms. The second-order valence-corrected chi connectivity index (χ2v) is 6.09. The summed E-state index contributed by atoms with van der Waals surface area (Å²) < 4.78 is 1.87. The highest BCUT2D eigenvalue weighted by Gasteiger charge is 2.31. The molecule has 1 N–H and O–H groups in total. The van der Waals surface area contributed by atoms with Crippen molar-refractivity contribution in [2.75, 3.05) is 0 Å². The Balaban J connectivity index is 1.52. The molecule has 0 bridgehead atoms. The van der Waals surface area contributed by atoms with Gasteiger partial charge in [0.05, 0.1) is 5.69 Å². The van der Waals surface area contributed by atoms with Gasteiger partial charge in [0, 0.05) is 36.4 Å². The molecule has 0 saturated heterocycles. The maximum absolute atomic E-state index is 6.24. The van der Waals surface area contributed by atoms with Gasteiger partial charge in [-0.05, 0) is 37.3 Å². The van der Waals surface area contributed by atoms with Gasteiger partial charge in [-0.25, -0.2) is 0 Å². The zero-order chi connectivity index (χ0) is 14.1. The first-order valence-corrected chi connectivity index (χ1v) is 7.48. The number of aromatic nitrogens is 2. The molecule has 1 heterocycles. The van der Waals surface area contributed by atoms with Crippen molar-refractivity contribution in [3.05, 3.63) is 52.3 Å². The minimum Gasteiger partial charge on any atom is -0.310 e.